The lowest BCUT2D eigenvalue weighted by Gasteiger charge is -2.27. The molecule has 25 heavy (non-hydrogen) atoms. The highest BCUT2D eigenvalue weighted by atomic mass is 35.5. The zero-order valence-electron chi connectivity index (χ0n) is 15.1. The van der Waals surface area contributed by atoms with E-state index < -0.39 is 6.10 Å². The molecule has 1 unspecified atom stereocenters. The normalized spacial score (nSPS) is 11.6. The first kappa shape index (κ1) is 21.3. The van der Waals surface area contributed by atoms with Crippen LogP contribution >= 0.6 is 12.4 Å². The minimum atomic E-state index is -0.642. The van der Waals surface area contributed by atoms with Crippen LogP contribution in [-0.4, -0.2) is 42.6 Å². The first-order valence-electron chi connectivity index (χ1n) is 8.31. The molecule has 0 aliphatic rings. The second-order valence-electron chi connectivity index (χ2n) is 6.20. The topological polar surface area (TPSA) is 52.9 Å². The maximum absolute atomic E-state index is 10.4. The number of benzene rings is 2. The van der Waals surface area contributed by atoms with Gasteiger partial charge in [0.05, 0.1) is 6.61 Å². The van der Waals surface area contributed by atoms with Crippen molar-refractivity contribution in [2.45, 2.75) is 26.9 Å². The standard InChI is InChI=1S/C20H27NO3.ClH/c1-15-11-16(2)20(17(3)12-15)24-14-19(23)13-21(9-10-22)18-7-5-4-6-8-18;/h4-8,11-12,19,22-23H,9-10,13-14H2,1-3H3;1H. The van der Waals surface area contributed by atoms with E-state index in [1.165, 1.54) is 5.56 Å². The molecule has 0 aliphatic heterocycles. The van der Waals surface area contributed by atoms with Gasteiger partial charge in [-0.05, 0) is 44.0 Å². The molecule has 0 fully saturated rings. The van der Waals surface area contributed by atoms with Crippen LogP contribution in [0.2, 0.25) is 0 Å². The van der Waals surface area contributed by atoms with Crippen LogP contribution in [0.3, 0.4) is 0 Å². The number of hydrogen-bond acceptors (Lipinski definition) is 4. The third kappa shape index (κ3) is 6.24. The fourth-order valence-electron chi connectivity index (χ4n) is 2.97. The second-order valence-corrected chi connectivity index (χ2v) is 6.20. The van der Waals surface area contributed by atoms with Gasteiger partial charge in [0.25, 0.3) is 0 Å². The number of rotatable bonds is 8. The van der Waals surface area contributed by atoms with Crippen LogP contribution in [0.5, 0.6) is 5.75 Å². The van der Waals surface area contributed by atoms with E-state index in [0.29, 0.717) is 13.1 Å². The summed E-state index contributed by atoms with van der Waals surface area (Å²) < 4.78 is 5.86. The van der Waals surface area contributed by atoms with Gasteiger partial charge in [-0.25, -0.2) is 0 Å². The van der Waals surface area contributed by atoms with Crippen molar-refractivity contribution in [3.8, 4) is 5.75 Å². The lowest BCUT2D eigenvalue weighted by molar-refractivity contribution is 0.110. The quantitative estimate of drug-likeness (QED) is 0.753. The van der Waals surface area contributed by atoms with E-state index in [9.17, 15) is 10.2 Å². The van der Waals surface area contributed by atoms with E-state index >= 15 is 0 Å². The number of aliphatic hydroxyl groups excluding tert-OH is 2. The molecule has 0 bridgehead atoms. The van der Waals surface area contributed by atoms with E-state index in [-0.39, 0.29) is 25.6 Å². The lowest BCUT2D eigenvalue weighted by atomic mass is 10.1. The number of aryl methyl sites for hydroxylation is 3. The molecule has 0 amide bonds. The van der Waals surface area contributed by atoms with Crippen LogP contribution < -0.4 is 9.64 Å². The third-order valence-corrected chi connectivity index (χ3v) is 3.95. The Morgan fingerprint density at radius 3 is 2.20 bits per heavy atom. The number of ether oxygens (including phenoxy) is 1. The zero-order valence-corrected chi connectivity index (χ0v) is 15.9. The summed E-state index contributed by atoms with van der Waals surface area (Å²) in [5.74, 6) is 0.841. The van der Waals surface area contributed by atoms with Crippen molar-refractivity contribution in [1.29, 1.82) is 0 Å². The predicted molar refractivity (Wildman–Crippen MR) is 105 cm³/mol. The van der Waals surface area contributed by atoms with Gasteiger partial charge < -0.3 is 19.8 Å². The second kappa shape index (κ2) is 10.3. The first-order valence-corrected chi connectivity index (χ1v) is 8.31. The Labute approximate surface area is 156 Å². The number of halogens is 1. The maximum atomic E-state index is 10.4. The maximum Gasteiger partial charge on any atom is 0.125 e. The Kier molecular flexibility index (Phi) is 8.76. The van der Waals surface area contributed by atoms with E-state index in [0.717, 1.165) is 22.6 Å². The molecule has 0 aromatic heterocycles. The van der Waals surface area contributed by atoms with Gasteiger partial charge >= 0.3 is 0 Å². The Hall–Kier alpha value is -1.75. The molecule has 1 atom stereocenters. The van der Waals surface area contributed by atoms with Crippen molar-refractivity contribution in [3.63, 3.8) is 0 Å². The van der Waals surface area contributed by atoms with Crippen molar-refractivity contribution in [2.75, 3.05) is 31.2 Å². The van der Waals surface area contributed by atoms with E-state index in [1.807, 2.05) is 49.1 Å². The fraction of sp³-hybridized carbons (Fsp3) is 0.400. The number of nitrogens with zero attached hydrogens (tertiary/aromatic N) is 1. The molecule has 0 aliphatic carbocycles. The summed E-state index contributed by atoms with van der Waals surface area (Å²) in [6.45, 7) is 7.25. The van der Waals surface area contributed by atoms with Crippen molar-refractivity contribution in [3.05, 3.63) is 59.2 Å². The average Bonchev–Trinajstić information content (AvgIpc) is 2.54. The molecule has 2 aromatic carbocycles. The minimum Gasteiger partial charge on any atom is -0.490 e. The van der Waals surface area contributed by atoms with E-state index in [4.69, 9.17) is 4.74 Å². The molecule has 2 rings (SSSR count). The van der Waals surface area contributed by atoms with Crippen molar-refractivity contribution in [1.82, 2.24) is 0 Å². The van der Waals surface area contributed by atoms with Gasteiger partial charge in [-0.3, -0.25) is 0 Å². The van der Waals surface area contributed by atoms with Crippen LogP contribution in [-0.2, 0) is 0 Å². The number of aliphatic hydroxyl groups is 2. The summed E-state index contributed by atoms with van der Waals surface area (Å²) in [5.41, 5.74) is 4.34. The van der Waals surface area contributed by atoms with Crippen molar-refractivity contribution < 1.29 is 14.9 Å². The highest BCUT2D eigenvalue weighted by Crippen LogP contribution is 2.24. The molecule has 138 valence electrons. The SMILES string of the molecule is Cc1cc(C)c(OCC(O)CN(CCO)c2ccccc2)c(C)c1.Cl. The van der Waals surface area contributed by atoms with Crippen molar-refractivity contribution in [2.24, 2.45) is 0 Å². The smallest absolute Gasteiger partial charge is 0.125 e. The molecule has 5 heteroatoms. The predicted octanol–water partition coefficient (Wildman–Crippen LogP) is 3.27. The molecule has 4 nitrogen and oxygen atoms in total. The molecular formula is C20H28ClNO3. The highest BCUT2D eigenvalue weighted by Gasteiger charge is 2.14. The van der Waals surface area contributed by atoms with Crippen LogP contribution in [0.4, 0.5) is 5.69 Å². The molecule has 0 heterocycles. The third-order valence-electron chi connectivity index (χ3n) is 3.95. The zero-order chi connectivity index (χ0) is 17.5. The van der Waals surface area contributed by atoms with Gasteiger partial charge in [-0.1, -0.05) is 35.9 Å². The molecular weight excluding hydrogens is 338 g/mol. The monoisotopic (exact) mass is 365 g/mol. The summed E-state index contributed by atoms with van der Waals surface area (Å²) in [5, 5.41) is 19.6. The average molecular weight is 366 g/mol. The molecule has 0 saturated heterocycles. The van der Waals surface area contributed by atoms with Gasteiger partial charge in [0.1, 0.15) is 18.5 Å². The molecule has 2 aromatic rings. The van der Waals surface area contributed by atoms with Gasteiger partial charge in [0.15, 0.2) is 0 Å². The Morgan fingerprint density at radius 2 is 1.64 bits per heavy atom. The highest BCUT2D eigenvalue weighted by molar-refractivity contribution is 5.85. The molecule has 2 N–H and O–H groups in total. The summed E-state index contributed by atoms with van der Waals surface area (Å²) in [4.78, 5) is 1.96. The summed E-state index contributed by atoms with van der Waals surface area (Å²) in [7, 11) is 0. The van der Waals surface area contributed by atoms with E-state index in [2.05, 4.69) is 19.1 Å². The minimum absolute atomic E-state index is 0. The van der Waals surface area contributed by atoms with Gasteiger partial charge in [-0.15, -0.1) is 12.4 Å². The lowest BCUT2D eigenvalue weighted by Crippen LogP contribution is -2.37. The number of hydrogen-bond donors (Lipinski definition) is 2. The summed E-state index contributed by atoms with van der Waals surface area (Å²) in [6.07, 6.45) is -0.642. The largest absolute Gasteiger partial charge is 0.490 e. The van der Waals surface area contributed by atoms with Gasteiger partial charge in [-0.2, -0.15) is 0 Å². The van der Waals surface area contributed by atoms with Crippen molar-refractivity contribution >= 4 is 18.1 Å². The van der Waals surface area contributed by atoms with Crippen LogP contribution in [0.25, 0.3) is 0 Å². The van der Waals surface area contributed by atoms with Crippen LogP contribution in [0.15, 0.2) is 42.5 Å². The van der Waals surface area contributed by atoms with Crippen LogP contribution in [0.1, 0.15) is 16.7 Å². The fourth-order valence-corrected chi connectivity index (χ4v) is 2.97. The van der Waals surface area contributed by atoms with E-state index in [1.54, 1.807) is 0 Å². The molecule has 0 radical (unpaired) electrons. The number of para-hydroxylation sites is 1. The summed E-state index contributed by atoms with van der Waals surface area (Å²) >= 11 is 0. The van der Waals surface area contributed by atoms with Gasteiger partial charge in [0, 0.05) is 18.8 Å². The molecule has 0 saturated carbocycles. The summed E-state index contributed by atoms with van der Waals surface area (Å²) in [6, 6.07) is 13.9. The Bertz CT molecular complexity index is 626. The Morgan fingerprint density at radius 1 is 1.04 bits per heavy atom. The van der Waals surface area contributed by atoms with Gasteiger partial charge in [0.2, 0.25) is 0 Å². The Balaban J connectivity index is 0.00000312. The van der Waals surface area contributed by atoms with Crippen LogP contribution in [0, 0.1) is 20.8 Å². The molecule has 0 spiro atoms. The number of anilines is 1. The first-order chi connectivity index (χ1) is 11.5.